The Morgan fingerprint density at radius 3 is 2.77 bits per heavy atom. The zero-order valence-electron chi connectivity index (χ0n) is 17.0. The monoisotopic (exact) mass is 423 g/mol. The van der Waals surface area contributed by atoms with Crippen LogP contribution in [0.1, 0.15) is 16.8 Å². The molecule has 5 rings (SSSR count). The molecule has 3 heterocycles. The molecule has 0 spiro atoms. The lowest BCUT2D eigenvalue weighted by Gasteiger charge is -2.20. The number of ether oxygens (including phenoxy) is 2. The van der Waals surface area contributed by atoms with Crippen LogP contribution >= 0.6 is 0 Å². The predicted octanol–water partition coefficient (Wildman–Crippen LogP) is -0.0731. The number of nitrogens with one attached hydrogen (secondary N) is 2. The predicted molar refractivity (Wildman–Crippen MR) is 111 cm³/mol. The molecule has 9 heteroatoms. The van der Waals surface area contributed by atoms with Gasteiger partial charge in [0.15, 0.2) is 18.0 Å². The molecule has 0 unspecified atom stereocenters. The highest BCUT2D eigenvalue weighted by Crippen LogP contribution is 2.37. The van der Waals surface area contributed by atoms with Gasteiger partial charge < -0.3 is 30.3 Å². The molecule has 0 aromatic heterocycles. The summed E-state index contributed by atoms with van der Waals surface area (Å²) >= 11 is 0. The first kappa shape index (κ1) is 19.4. The van der Waals surface area contributed by atoms with Gasteiger partial charge in [-0.1, -0.05) is 12.1 Å². The molecule has 0 saturated carbocycles. The second kappa shape index (κ2) is 7.59. The van der Waals surface area contributed by atoms with E-state index in [0.717, 1.165) is 11.1 Å². The van der Waals surface area contributed by atoms with Gasteiger partial charge >= 0.3 is 0 Å². The molecule has 0 radical (unpaired) electrons. The van der Waals surface area contributed by atoms with Crippen LogP contribution < -0.4 is 25.4 Å². The van der Waals surface area contributed by atoms with Gasteiger partial charge in [0.25, 0.3) is 11.8 Å². The molecular weight excluding hydrogens is 400 g/mol. The number of carbonyl (C=O) groups is 3. The summed E-state index contributed by atoms with van der Waals surface area (Å²) < 4.78 is 10.8. The first-order valence-electron chi connectivity index (χ1n) is 10.3. The molecule has 2 aromatic carbocycles. The van der Waals surface area contributed by atoms with Crippen LogP contribution in [-0.2, 0) is 9.59 Å². The van der Waals surface area contributed by atoms with Crippen molar-refractivity contribution in [3.8, 4) is 22.6 Å². The normalized spacial score (nSPS) is 21.3. The average molecular weight is 423 g/mol. The standard InChI is InChI=1S/C22H22N4O5/c1-23-9-20(27)24-14-8-17-21(28)25-16-4-2-12(6-15(16)22(29)26(17)10-14)13-3-5-18-19(7-13)31-11-30-18/h2-7,14,17,23H,8-11H2,1H3,(H,24,27)(H,25,28)/p+1/t14-,17-/m0/s1. The highest BCUT2D eigenvalue weighted by Gasteiger charge is 2.43. The second-order valence-electron chi connectivity index (χ2n) is 7.90. The van der Waals surface area contributed by atoms with Crippen molar-refractivity contribution in [1.82, 2.24) is 10.2 Å². The number of benzene rings is 2. The first-order valence-corrected chi connectivity index (χ1v) is 10.3. The second-order valence-corrected chi connectivity index (χ2v) is 7.90. The van der Waals surface area contributed by atoms with Crippen molar-refractivity contribution < 1.29 is 29.2 Å². The highest BCUT2D eigenvalue weighted by molar-refractivity contribution is 6.11. The topological polar surface area (TPSA) is 114 Å². The van der Waals surface area contributed by atoms with Crippen molar-refractivity contribution in [2.45, 2.75) is 18.5 Å². The number of fused-ring (bicyclic) bond motifs is 3. The Morgan fingerprint density at radius 1 is 1.16 bits per heavy atom. The molecule has 160 valence electrons. The minimum absolute atomic E-state index is 0.108. The minimum atomic E-state index is -0.607. The first-order chi connectivity index (χ1) is 15.0. The summed E-state index contributed by atoms with van der Waals surface area (Å²) in [5, 5.41) is 7.56. The third-order valence-corrected chi connectivity index (χ3v) is 5.83. The molecular formula is C22H23N4O5+. The van der Waals surface area contributed by atoms with Crippen LogP contribution in [0.25, 0.3) is 11.1 Å². The zero-order chi connectivity index (χ0) is 21.5. The molecule has 3 aliphatic heterocycles. The van der Waals surface area contributed by atoms with Crippen LogP contribution in [0.4, 0.5) is 5.69 Å². The van der Waals surface area contributed by atoms with E-state index in [4.69, 9.17) is 9.47 Å². The maximum Gasteiger partial charge on any atom is 0.275 e. The average Bonchev–Trinajstić information content (AvgIpc) is 3.38. The maximum absolute atomic E-state index is 13.4. The summed E-state index contributed by atoms with van der Waals surface area (Å²) in [7, 11) is 1.81. The Bertz CT molecular complexity index is 1090. The van der Waals surface area contributed by atoms with E-state index >= 15 is 0 Å². The number of nitrogens with two attached hydrogens (primary N) is 1. The number of hydrogen-bond acceptors (Lipinski definition) is 5. The van der Waals surface area contributed by atoms with Crippen LogP contribution in [0, 0.1) is 0 Å². The molecule has 2 aromatic rings. The Morgan fingerprint density at radius 2 is 1.94 bits per heavy atom. The van der Waals surface area contributed by atoms with Crippen LogP contribution in [0.5, 0.6) is 11.5 Å². The van der Waals surface area contributed by atoms with Gasteiger partial charge in [-0.2, -0.15) is 0 Å². The van der Waals surface area contributed by atoms with Gasteiger partial charge in [-0.3, -0.25) is 14.4 Å². The van der Waals surface area contributed by atoms with Gasteiger partial charge in [0, 0.05) is 12.6 Å². The smallest absolute Gasteiger partial charge is 0.275 e. The summed E-state index contributed by atoms with van der Waals surface area (Å²) in [6.07, 6.45) is 0.399. The lowest BCUT2D eigenvalue weighted by atomic mass is 10.0. The lowest BCUT2D eigenvalue weighted by Crippen LogP contribution is -2.82. The Balaban J connectivity index is 1.43. The van der Waals surface area contributed by atoms with Crippen molar-refractivity contribution in [2.24, 2.45) is 0 Å². The Hall–Kier alpha value is -3.59. The van der Waals surface area contributed by atoms with E-state index in [1.807, 2.05) is 31.3 Å². The van der Waals surface area contributed by atoms with Gasteiger partial charge in [-0.15, -0.1) is 0 Å². The van der Waals surface area contributed by atoms with Crippen molar-refractivity contribution in [3.63, 3.8) is 0 Å². The van der Waals surface area contributed by atoms with E-state index in [0.29, 0.717) is 42.3 Å². The number of rotatable bonds is 4. The number of nitrogens with zero attached hydrogens (tertiary/aromatic N) is 1. The number of hydrogen-bond donors (Lipinski definition) is 3. The molecule has 2 atom stereocenters. The summed E-state index contributed by atoms with van der Waals surface area (Å²) in [5.74, 6) is 0.787. The fourth-order valence-corrected chi connectivity index (χ4v) is 4.34. The highest BCUT2D eigenvalue weighted by atomic mass is 16.7. The molecule has 31 heavy (non-hydrogen) atoms. The molecule has 1 fully saturated rings. The summed E-state index contributed by atoms with van der Waals surface area (Å²) in [5.41, 5.74) is 2.64. The maximum atomic E-state index is 13.4. The number of likely N-dealkylation sites (N-methyl/N-ethyl adjacent to an activating group) is 1. The van der Waals surface area contributed by atoms with Crippen molar-refractivity contribution in [3.05, 3.63) is 42.0 Å². The Kier molecular flexibility index (Phi) is 4.74. The van der Waals surface area contributed by atoms with Crippen LogP contribution in [0.15, 0.2) is 36.4 Å². The number of amides is 3. The van der Waals surface area contributed by atoms with E-state index in [-0.39, 0.29) is 30.6 Å². The molecule has 1 saturated heterocycles. The SMILES string of the molecule is C[NH2+]CC(=O)N[C@H]1C[C@H]2C(=O)Nc3ccc(-c4ccc5c(c4)OCO5)cc3C(=O)N2C1. The van der Waals surface area contributed by atoms with Crippen molar-refractivity contribution >= 4 is 23.4 Å². The third-order valence-electron chi connectivity index (χ3n) is 5.83. The van der Waals surface area contributed by atoms with Gasteiger partial charge in [-0.05, 0) is 41.8 Å². The van der Waals surface area contributed by atoms with E-state index < -0.39 is 6.04 Å². The van der Waals surface area contributed by atoms with E-state index in [2.05, 4.69) is 10.6 Å². The molecule has 0 bridgehead atoms. The minimum Gasteiger partial charge on any atom is -0.454 e. The molecule has 9 nitrogen and oxygen atoms in total. The van der Waals surface area contributed by atoms with E-state index in [1.54, 1.807) is 22.3 Å². The summed E-state index contributed by atoms with van der Waals surface area (Å²) in [6, 6.07) is 10.2. The molecule has 3 aliphatic rings. The third kappa shape index (κ3) is 3.46. The summed E-state index contributed by atoms with van der Waals surface area (Å²) in [6.45, 7) is 0.806. The van der Waals surface area contributed by atoms with Crippen LogP contribution in [0.2, 0.25) is 0 Å². The van der Waals surface area contributed by atoms with Gasteiger partial charge in [-0.25, -0.2) is 0 Å². The fourth-order valence-electron chi connectivity index (χ4n) is 4.34. The van der Waals surface area contributed by atoms with E-state index in [1.165, 1.54) is 0 Å². The van der Waals surface area contributed by atoms with E-state index in [9.17, 15) is 14.4 Å². The van der Waals surface area contributed by atoms with Crippen LogP contribution in [0.3, 0.4) is 0 Å². The molecule has 3 amide bonds. The summed E-state index contributed by atoms with van der Waals surface area (Å²) in [4.78, 5) is 39.7. The van der Waals surface area contributed by atoms with Crippen molar-refractivity contribution in [1.29, 1.82) is 0 Å². The molecule has 0 aliphatic carbocycles. The lowest BCUT2D eigenvalue weighted by molar-refractivity contribution is -0.615. The van der Waals surface area contributed by atoms with Gasteiger partial charge in [0.1, 0.15) is 6.04 Å². The zero-order valence-corrected chi connectivity index (χ0v) is 17.0. The van der Waals surface area contributed by atoms with Gasteiger partial charge in [0.2, 0.25) is 12.7 Å². The molecule has 4 N–H and O–H groups in total. The number of carbonyl (C=O) groups excluding carboxylic acids is 3. The Labute approximate surface area is 178 Å². The quantitative estimate of drug-likeness (QED) is 0.637. The largest absolute Gasteiger partial charge is 0.454 e. The van der Waals surface area contributed by atoms with Gasteiger partial charge in [0.05, 0.1) is 18.3 Å². The number of anilines is 1. The van der Waals surface area contributed by atoms with Crippen LogP contribution in [-0.4, -0.2) is 61.6 Å². The fraction of sp³-hybridized carbons (Fsp3) is 0.318. The number of quaternary nitrogens is 1. The van der Waals surface area contributed by atoms with Crippen molar-refractivity contribution in [2.75, 3.05) is 32.2 Å².